The summed E-state index contributed by atoms with van der Waals surface area (Å²) >= 11 is 0. The van der Waals surface area contributed by atoms with Crippen LogP contribution < -0.4 is 15.8 Å². The zero-order chi connectivity index (χ0) is 24.7. The van der Waals surface area contributed by atoms with Crippen LogP contribution in [0, 0.1) is 29.6 Å². The molecule has 1 aromatic heterocycles. The Morgan fingerprint density at radius 1 is 1.44 bits per heavy atom. The van der Waals surface area contributed by atoms with Gasteiger partial charge < -0.3 is 25.3 Å². The molecule has 0 spiro atoms. The number of carbonyl (C=O) groups is 1. The number of hydrogen-bond acceptors (Lipinski definition) is 7. The molecule has 0 bridgehead atoms. The van der Waals surface area contributed by atoms with Gasteiger partial charge in [0.2, 0.25) is 0 Å². The van der Waals surface area contributed by atoms with E-state index < -0.39 is 14.0 Å². The van der Waals surface area contributed by atoms with Gasteiger partial charge in [-0.25, -0.2) is 0 Å². The Labute approximate surface area is 201 Å². The fourth-order valence-corrected chi connectivity index (χ4v) is 4.25. The van der Waals surface area contributed by atoms with Gasteiger partial charge in [-0.2, -0.15) is 10.4 Å². The van der Waals surface area contributed by atoms with E-state index in [1.54, 1.807) is 29.1 Å². The van der Waals surface area contributed by atoms with Crippen LogP contribution in [0.2, 0.25) is 25.7 Å². The van der Waals surface area contributed by atoms with Crippen molar-refractivity contribution in [1.29, 1.82) is 5.26 Å². The molecular formula is C24H31N5O4Si. The van der Waals surface area contributed by atoms with E-state index in [9.17, 15) is 10.1 Å². The molecule has 1 saturated heterocycles. The molecule has 2 atom stereocenters. The summed E-state index contributed by atoms with van der Waals surface area (Å²) in [5.41, 5.74) is 6.93. The Morgan fingerprint density at radius 2 is 2.24 bits per heavy atom. The van der Waals surface area contributed by atoms with Gasteiger partial charge >= 0.3 is 0 Å². The van der Waals surface area contributed by atoms with Gasteiger partial charge in [0, 0.05) is 33.2 Å². The zero-order valence-corrected chi connectivity index (χ0v) is 20.8. The molecule has 1 amide bonds. The molecule has 1 fully saturated rings. The number of nitriles is 1. The number of rotatable bonds is 10. The minimum Gasteiger partial charge on any atom is -0.466 e. The van der Waals surface area contributed by atoms with E-state index >= 15 is 0 Å². The van der Waals surface area contributed by atoms with Crippen molar-refractivity contribution < 1.29 is 19.0 Å². The first-order chi connectivity index (χ1) is 16.2. The zero-order valence-electron chi connectivity index (χ0n) is 19.8. The molecule has 0 saturated carbocycles. The number of ether oxygens (including phenoxy) is 3. The lowest BCUT2D eigenvalue weighted by atomic mass is 9.97. The monoisotopic (exact) mass is 481 g/mol. The maximum Gasteiger partial charge on any atom is 0.254 e. The Balaban J connectivity index is 1.72. The molecule has 34 heavy (non-hydrogen) atoms. The van der Waals surface area contributed by atoms with Gasteiger partial charge in [-0.05, 0) is 30.7 Å². The Bertz CT molecular complexity index is 1100. The number of aromatic nitrogens is 2. The first-order valence-electron chi connectivity index (χ1n) is 11.2. The van der Waals surface area contributed by atoms with Gasteiger partial charge in [0.15, 0.2) is 12.6 Å². The number of primary amides is 1. The number of nitrogens with zero attached hydrogens (tertiary/aromatic N) is 3. The number of carbonyl (C=O) groups excluding carboxylic acids is 1. The van der Waals surface area contributed by atoms with Crippen molar-refractivity contribution in [2.75, 3.05) is 31.9 Å². The van der Waals surface area contributed by atoms with Gasteiger partial charge in [-0.15, -0.1) is 6.42 Å². The van der Waals surface area contributed by atoms with Crippen molar-refractivity contribution in [1.82, 2.24) is 9.78 Å². The van der Waals surface area contributed by atoms with Gasteiger partial charge in [0.25, 0.3) is 5.91 Å². The van der Waals surface area contributed by atoms with Crippen molar-refractivity contribution >= 4 is 25.5 Å². The number of hydrogen-bond donors (Lipinski definition) is 2. The molecular weight excluding hydrogens is 450 g/mol. The van der Waals surface area contributed by atoms with Crippen LogP contribution in [0.1, 0.15) is 28.4 Å². The summed E-state index contributed by atoms with van der Waals surface area (Å²) in [6.07, 6.45) is 7.83. The van der Waals surface area contributed by atoms with Crippen molar-refractivity contribution in [2.45, 2.75) is 38.1 Å². The standard InChI is InChI=1S/C24H31N5O4Si/c1-5-17-12-19(6-7-22(17)33-16-32-10-11-34(2,3)4)27-24-20(23(26)30)14-29(28-24)21-15-31-9-8-18(21)13-25/h1,6-7,12,14,18,21H,8-11,15-16H2,2-4H3,(H2,26,30)(H,27,28)/t18-,21+/m0/s1. The smallest absolute Gasteiger partial charge is 0.254 e. The molecule has 10 heteroatoms. The molecule has 180 valence electrons. The summed E-state index contributed by atoms with van der Waals surface area (Å²) in [7, 11) is -1.16. The summed E-state index contributed by atoms with van der Waals surface area (Å²) in [6, 6.07) is 8.27. The van der Waals surface area contributed by atoms with Gasteiger partial charge in [-0.1, -0.05) is 25.6 Å². The maximum absolute atomic E-state index is 12.0. The molecule has 0 aliphatic carbocycles. The Hall–Kier alpha value is -3.31. The van der Waals surface area contributed by atoms with Crippen molar-refractivity contribution in [2.24, 2.45) is 11.7 Å². The second-order valence-electron chi connectivity index (χ2n) is 9.36. The number of anilines is 2. The van der Waals surface area contributed by atoms with Gasteiger partial charge in [0.1, 0.15) is 11.3 Å². The summed E-state index contributed by atoms with van der Waals surface area (Å²) in [6.45, 7) is 8.50. The van der Waals surface area contributed by atoms with Crippen LogP contribution in [0.3, 0.4) is 0 Å². The van der Waals surface area contributed by atoms with Crippen LogP contribution in [0.25, 0.3) is 0 Å². The van der Waals surface area contributed by atoms with Gasteiger partial charge in [-0.3, -0.25) is 9.48 Å². The van der Waals surface area contributed by atoms with Crippen molar-refractivity contribution in [3.05, 3.63) is 35.5 Å². The van der Waals surface area contributed by atoms with Crippen LogP contribution in [0.5, 0.6) is 5.75 Å². The summed E-state index contributed by atoms with van der Waals surface area (Å²) in [4.78, 5) is 12.0. The van der Waals surface area contributed by atoms with Crippen LogP contribution >= 0.6 is 0 Å². The SMILES string of the molecule is C#Cc1cc(Nc2nn([C@@H]3COCC[C@H]3C#N)cc2C(N)=O)ccc1OCOCC[Si](C)(C)C. The Morgan fingerprint density at radius 3 is 2.91 bits per heavy atom. The van der Waals surface area contributed by atoms with E-state index in [1.165, 1.54) is 0 Å². The van der Waals surface area contributed by atoms with E-state index in [1.807, 2.05) is 0 Å². The Kier molecular flexibility index (Phi) is 8.34. The fraction of sp³-hybridized carbons (Fsp3) is 0.458. The lowest BCUT2D eigenvalue weighted by Gasteiger charge is -2.26. The van der Waals surface area contributed by atoms with E-state index in [-0.39, 0.29) is 30.1 Å². The minimum atomic E-state index is -1.16. The molecule has 3 N–H and O–H groups in total. The highest BCUT2D eigenvalue weighted by atomic mass is 28.3. The molecule has 1 aliphatic heterocycles. The average Bonchev–Trinajstić information content (AvgIpc) is 3.22. The molecule has 3 rings (SSSR count). The third-order valence-corrected chi connectivity index (χ3v) is 7.23. The summed E-state index contributed by atoms with van der Waals surface area (Å²) in [5, 5.41) is 17.1. The minimum absolute atomic E-state index is 0.117. The number of amides is 1. The molecule has 1 aromatic carbocycles. The van der Waals surface area contributed by atoms with E-state index in [4.69, 9.17) is 26.4 Å². The number of terminal acetylenes is 1. The topological polar surface area (TPSA) is 124 Å². The average molecular weight is 482 g/mol. The first kappa shape index (κ1) is 25.3. The second-order valence-corrected chi connectivity index (χ2v) is 15.0. The first-order valence-corrected chi connectivity index (χ1v) is 14.9. The van der Waals surface area contributed by atoms with Crippen molar-refractivity contribution in [3.63, 3.8) is 0 Å². The van der Waals surface area contributed by atoms with Crippen LogP contribution in [-0.4, -0.2) is 50.4 Å². The normalized spacial score (nSPS) is 18.0. The lowest BCUT2D eigenvalue weighted by Crippen LogP contribution is -2.29. The van der Waals surface area contributed by atoms with Crippen LogP contribution in [0.4, 0.5) is 11.5 Å². The summed E-state index contributed by atoms with van der Waals surface area (Å²) < 4.78 is 18.4. The summed E-state index contributed by atoms with van der Waals surface area (Å²) in [5.74, 6) is 2.52. The number of nitrogens with one attached hydrogen (secondary N) is 1. The fourth-order valence-electron chi connectivity index (χ4n) is 3.49. The molecule has 0 radical (unpaired) electrons. The predicted octanol–water partition coefficient (Wildman–Crippen LogP) is 3.50. The van der Waals surface area contributed by atoms with Crippen LogP contribution in [0.15, 0.2) is 24.4 Å². The third kappa shape index (κ3) is 6.61. The molecule has 9 nitrogen and oxygen atoms in total. The number of nitrogens with two attached hydrogens (primary N) is 1. The van der Waals surface area contributed by atoms with E-state index in [0.29, 0.717) is 43.2 Å². The highest BCUT2D eigenvalue weighted by Crippen LogP contribution is 2.30. The highest BCUT2D eigenvalue weighted by molar-refractivity contribution is 6.76. The molecule has 2 heterocycles. The van der Waals surface area contributed by atoms with Crippen molar-refractivity contribution in [3.8, 4) is 24.2 Å². The quantitative estimate of drug-likeness (QED) is 0.230. The second kappa shape index (κ2) is 11.2. The maximum atomic E-state index is 12.0. The third-order valence-electron chi connectivity index (χ3n) is 5.52. The van der Waals surface area contributed by atoms with E-state index in [0.717, 1.165) is 6.04 Å². The predicted molar refractivity (Wildman–Crippen MR) is 132 cm³/mol. The molecule has 2 aromatic rings. The van der Waals surface area contributed by atoms with Gasteiger partial charge in [0.05, 0.1) is 30.2 Å². The largest absolute Gasteiger partial charge is 0.466 e. The van der Waals surface area contributed by atoms with E-state index in [2.05, 4.69) is 42.0 Å². The highest BCUT2D eigenvalue weighted by Gasteiger charge is 2.29. The van der Waals surface area contributed by atoms with Crippen LogP contribution in [-0.2, 0) is 9.47 Å². The lowest BCUT2D eigenvalue weighted by molar-refractivity contribution is 0.0219. The molecule has 0 unspecified atom stereocenters. The number of benzene rings is 1. The molecule has 1 aliphatic rings.